The summed E-state index contributed by atoms with van der Waals surface area (Å²) in [7, 11) is 0. The molecule has 2 aromatic rings. The molecule has 3 rings (SSSR count). The zero-order chi connectivity index (χ0) is 17.8. The summed E-state index contributed by atoms with van der Waals surface area (Å²) in [4.78, 5) is 12.0. The van der Waals surface area contributed by atoms with Crippen molar-refractivity contribution < 1.29 is 19.4 Å². The topological polar surface area (TPSA) is 80.2 Å². The fraction of sp³-hybridized carbons (Fsp3) is 0.111. The highest BCUT2D eigenvalue weighted by Gasteiger charge is 2.12. The maximum atomic E-state index is 12.0. The molecule has 0 radical (unpaired) electrons. The largest absolute Gasteiger partial charge is 0.507 e. The zero-order valence-corrected chi connectivity index (χ0v) is 14.1. The minimum atomic E-state index is -0.546. The van der Waals surface area contributed by atoms with Crippen LogP contribution in [0.5, 0.6) is 17.2 Å². The molecule has 6 nitrogen and oxygen atoms in total. The summed E-state index contributed by atoms with van der Waals surface area (Å²) in [6.45, 7) is 1.97. The van der Waals surface area contributed by atoms with Crippen molar-refractivity contribution in [3.05, 3.63) is 58.6 Å². The molecule has 1 heterocycles. The van der Waals surface area contributed by atoms with Crippen LogP contribution in [0.1, 0.15) is 22.8 Å². The summed E-state index contributed by atoms with van der Waals surface area (Å²) in [5.41, 5.74) is 3.93. The van der Waals surface area contributed by atoms with Gasteiger partial charge in [0.2, 0.25) is 6.79 Å². The number of phenols is 1. The Labute approximate surface area is 149 Å². The maximum Gasteiger partial charge on any atom is 0.275 e. The number of ether oxygens (including phenoxy) is 2. The van der Waals surface area contributed by atoms with Crippen LogP contribution in [0, 0.1) is 0 Å². The number of benzene rings is 2. The smallest absolute Gasteiger partial charge is 0.275 e. The highest BCUT2D eigenvalue weighted by molar-refractivity contribution is 6.31. The molecule has 0 spiro atoms. The Kier molecular flexibility index (Phi) is 4.90. The Bertz CT molecular complexity index is 877. The van der Waals surface area contributed by atoms with Gasteiger partial charge in [-0.3, -0.25) is 4.79 Å². The highest BCUT2D eigenvalue weighted by atomic mass is 35.5. The van der Waals surface area contributed by atoms with Gasteiger partial charge in [0.15, 0.2) is 11.5 Å². The molecule has 1 aliphatic rings. The Morgan fingerprint density at radius 1 is 1.24 bits per heavy atom. The van der Waals surface area contributed by atoms with Crippen molar-refractivity contribution in [2.45, 2.75) is 6.92 Å². The molecule has 2 N–H and O–H groups in total. The van der Waals surface area contributed by atoms with Gasteiger partial charge in [0.05, 0.1) is 11.3 Å². The van der Waals surface area contributed by atoms with Crippen LogP contribution in [-0.4, -0.2) is 23.5 Å². The molecule has 0 fully saturated rings. The van der Waals surface area contributed by atoms with E-state index in [1.54, 1.807) is 13.0 Å². The van der Waals surface area contributed by atoms with Gasteiger partial charge in [0, 0.05) is 5.02 Å². The number of carbonyl (C=O) groups excluding carboxylic acids is 1. The minimum Gasteiger partial charge on any atom is -0.507 e. The van der Waals surface area contributed by atoms with Gasteiger partial charge in [0.25, 0.3) is 5.91 Å². The normalized spacial score (nSPS) is 13.3. The third kappa shape index (κ3) is 4.10. The summed E-state index contributed by atoms with van der Waals surface area (Å²) < 4.78 is 10.6. The number of halogens is 1. The molecule has 0 saturated heterocycles. The first-order valence-electron chi connectivity index (χ1n) is 7.44. The molecule has 0 unspecified atom stereocenters. The standard InChI is InChI=1S/C18H15ClN2O4/c1-11(2-3-12-4-7-16-17(8-12)25-10-24-16)20-21-18(23)14-9-13(19)5-6-15(14)22/h2-9,22H,10H2,1H3,(H,21,23)/b3-2+,20-11-. The molecular weight excluding hydrogens is 344 g/mol. The average molecular weight is 359 g/mol. The Balaban J connectivity index is 1.65. The number of allylic oxidation sites excluding steroid dienone is 1. The fourth-order valence-corrected chi connectivity index (χ4v) is 2.33. The lowest BCUT2D eigenvalue weighted by Gasteiger charge is -2.04. The second-order valence-corrected chi connectivity index (χ2v) is 5.74. The van der Waals surface area contributed by atoms with Gasteiger partial charge in [0.1, 0.15) is 5.75 Å². The van der Waals surface area contributed by atoms with Crippen molar-refractivity contribution >= 4 is 29.3 Å². The molecule has 1 amide bonds. The Hall–Kier alpha value is -2.99. The van der Waals surface area contributed by atoms with E-state index in [1.165, 1.54) is 18.2 Å². The van der Waals surface area contributed by atoms with Crippen molar-refractivity contribution in [2.24, 2.45) is 5.10 Å². The van der Waals surface area contributed by atoms with Gasteiger partial charge in [-0.25, -0.2) is 5.43 Å². The molecular formula is C18H15ClN2O4. The van der Waals surface area contributed by atoms with E-state index in [9.17, 15) is 9.90 Å². The summed E-state index contributed by atoms with van der Waals surface area (Å²) in [6.07, 6.45) is 3.58. The van der Waals surface area contributed by atoms with Gasteiger partial charge < -0.3 is 14.6 Å². The van der Waals surface area contributed by atoms with E-state index in [0.29, 0.717) is 16.5 Å². The van der Waals surface area contributed by atoms with Gasteiger partial charge in [-0.05, 0) is 48.9 Å². The molecule has 0 atom stereocenters. The van der Waals surface area contributed by atoms with Crippen LogP contribution in [0.25, 0.3) is 6.08 Å². The first-order chi connectivity index (χ1) is 12.0. The quantitative estimate of drug-likeness (QED) is 0.646. The number of hydrogen-bond donors (Lipinski definition) is 2. The van der Waals surface area contributed by atoms with Gasteiger partial charge >= 0.3 is 0 Å². The third-order valence-electron chi connectivity index (χ3n) is 3.45. The Morgan fingerprint density at radius 3 is 2.88 bits per heavy atom. The number of fused-ring (bicyclic) bond motifs is 1. The van der Waals surface area contributed by atoms with E-state index >= 15 is 0 Å². The first-order valence-corrected chi connectivity index (χ1v) is 7.81. The van der Waals surface area contributed by atoms with E-state index in [-0.39, 0.29) is 18.1 Å². The molecule has 0 aromatic heterocycles. The number of nitrogens with one attached hydrogen (secondary N) is 1. The van der Waals surface area contributed by atoms with Crippen molar-refractivity contribution in [1.29, 1.82) is 0 Å². The number of rotatable bonds is 4. The first kappa shape index (κ1) is 16.9. The zero-order valence-electron chi connectivity index (χ0n) is 13.3. The lowest BCUT2D eigenvalue weighted by molar-refractivity contribution is 0.0952. The summed E-state index contributed by atoms with van der Waals surface area (Å²) in [5, 5.41) is 14.0. The van der Waals surface area contributed by atoms with E-state index in [0.717, 1.165) is 11.3 Å². The molecule has 0 aliphatic carbocycles. The van der Waals surface area contributed by atoms with Crippen molar-refractivity contribution in [3.63, 3.8) is 0 Å². The number of aromatic hydroxyl groups is 1. The minimum absolute atomic E-state index is 0.0591. The fourth-order valence-electron chi connectivity index (χ4n) is 2.16. The van der Waals surface area contributed by atoms with Crippen LogP contribution in [0.4, 0.5) is 0 Å². The highest BCUT2D eigenvalue weighted by Crippen LogP contribution is 2.32. The predicted molar refractivity (Wildman–Crippen MR) is 95.3 cm³/mol. The average Bonchev–Trinajstić information content (AvgIpc) is 3.07. The molecule has 1 aliphatic heterocycles. The Morgan fingerprint density at radius 2 is 2.04 bits per heavy atom. The molecule has 7 heteroatoms. The number of hydrazone groups is 1. The third-order valence-corrected chi connectivity index (χ3v) is 3.69. The second-order valence-electron chi connectivity index (χ2n) is 5.30. The lowest BCUT2D eigenvalue weighted by atomic mass is 10.2. The van der Waals surface area contributed by atoms with E-state index < -0.39 is 5.91 Å². The molecule has 0 bridgehead atoms. The van der Waals surface area contributed by atoms with Crippen LogP contribution in [0.2, 0.25) is 5.02 Å². The molecule has 128 valence electrons. The SMILES string of the molecule is CC(/C=C/c1ccc2c(c1)OCO2)=N/NC(=O)c1cc(Cl)ccc1O. The summed E-state index contributed by atoms with van der Waals surface area (Å²) in [6, 6.07) is 9.80. The number of phenolic OH excluding ortho intramolecular Hbond substituents is 1. The van der Waals surface area contributed by atoms with Crippen LogP contribution < -0.4 is 14.9 Å². The monoisotopic (exact) mass is 358 g/mol. The molecule has 2 aromatic carbocycles. The van der Waals surface area contributed by atoms with Crippen LogP contribution in [0.3, 0.4) is 0 Å². The number of nitrogens with zero attached hydrogens (tertiary/aromatic N) is 1. The van der Waals surface area contributed by atoms with E-state index in [2.05, 4.69) is 10.5 Å². The van der Waals surface area contributed by atoms with Crippen LogP contribution >= 0.6 is 11.6 Å². The van der Waals surface area contributed by atoms with Crippen molar-refractivity contribution in [1.82, 2.24) is 5.43 Å². The second kappa shape index (κ2) is 7.27. The van der Waals surface area contributed by atoms with E-state index in [4.69, 9.17) is 21.1 Å². The van der Waals surface area contributed by atoms with Gasteiger partial charge in [-0.15, -0.1) is 0 Å². The van der Waals surface area contributed by atoms with Crippen molar-refractivity contribution in [3.8, 4) is 17.2 Å². The maximum absolute atomic E-state index is 12.0. The van der Waals surface area contributed by atoms with Crippen LogP contribution in [-0.2, 0) is 0 Å². The molecule has 25 heavy (non-hydrogen) atoms. The molecule has 0 saturated carbocycles. The lowest BCUT2D eigenvalue weighted by Crippen LogP contribution is -2.18. The number of amides is 1. The van der Waals surface area contributed by atoms with E-state index in [1.807, 2.05) is 24.3 Å². The number of hydrogen-bond acceptors (Lipinski definition) is 5. The van der Waals surface area contributed by atoms with Crippen molar-refractivity contribution in [2.75, 3.05) is 6.79 Å². The number of carbonyl (C=O) groups is 1. The predicted octanol–water partition coefficient (Wildman–Crippen LogP) is 3.59. The summed E-state index contributed by atoms with van der Waals surface area (Å²) >= 11 is 5.82. The van der Waals surface area contributed by atoms with Gasteiger partial charge in [-0.2, -0.15) is 5.10 Å². The summed E-state index contributed by atoms with van der Waals surface area (Å²) in [5.74, 6) is 0.707. The van der Waals surface area contributed by atoms with Gasteiger partial charge in [-0.1, -0.05) is 23.7 Å². The van der Waals surface area contributed by atoms with Crippen LogP contribution in [0.15, 0.2) is 47.6 Å².